The van der Waals surface area contributed by atoms with Crippen molar-refractivity contribution in [2.75, 3.05) is 31.8 Å². The zero-order valence-corrected chi connectivity index (χ0v) is 31.7. The summed E-state index contributed by atoms with van der Waals surface area (Å²) in [6, 6.07) is 18.9. The highest BCUT2D eigenvalue weighted by molar-refractivity contribution is 8.76. The Kier molecular flexibility index (Phi) is 12.9. The third kappa shape index (κ3) is 8.67. The van der Waals surface area contributed by atoms with Gasteiger partial charge in [0.25, 0.3) is 0 Å². The number of carbonyl (C=O) groups excluding carboxylic acids is 1. The van der Waals surface area contributed by atoms with Gasteiger partial charge < -0.3 is 35.2 Å². The van der Waals surface area contributed by atoms with Crippen LogP contribution < -0.4 is 15.4 Å². The number of hydrogen-bond donors (Lipinski definition) is 6. The summed E-state index contributed by atoms with van der Waals surface area (Å²) in [5.74, 6) is 1.78. The van der Waals surface area contributed by atoms with Crippen LogP contribution in [0.5, 0.6) is 17.2 Å². The molecule has 9 nitrogen and oxygen atoms in total. The van der Waals surface area contributed by atoms with E-state index in [2.05, 4.69) is 22.8 Å². The molecular weight excluding hydrogens is 697 g/mol. The van der Waals surface area contributed by atoms with Gasteiger partial charge in [0.05, 0.1) is 25.9 Å². The maximum Gasteiger partial charge on any atom is 0.168 e. The van der Waals surface area contributed by atoms with Crippen LogP contribution in [0, 0.1) is 5.92 Å². The van der Waals surface area contributed by atoms with Crippen molar-refractivity contribution >= 4 is 43.8 Å². The molecule has 52 heavy (non-hydrogen) atoms. The number of aliphatic hydroxyl groups excluding tert-OH is 2. The number of aliphatic hydroxyl groups is 2. The average Bonchev–Trinajstić information content (AvgIpc) is 3.26. The van der Waals surface area contributed by atoms with E-state index in [0.29, 0.717) is 30.7 Å². The van der Waals surface area contributed by atoms with E-state index in [9.17, 15) is 25.2 Å². The molecule has 0 amide bonds. The number of ether oxygens (including phenoxy) is 2. The standard InChI is InChI=1S/C41H50N2O7S2/c1-24(45)22-43-34-15-9-28(19-29(34)23-44)41(42-2)50-36-21-31(47)13-7-27-10-16-35(48)40(49-3)38(27)32-14-8-25-6-12-30(46)20-33(25)39(32)37-17-11-26(36)5-4-18-51-52-37/h6,8-10,12,14-16,19-20,24,26,36-37,41-46,48H,4-5,7,11,13,17-18,21-23H2,1-3H3/t24-,26+,36-,37+,41+/m0/s1. The monoisotopic (exact) mass is 746 g/mol. The van der Waals surface area contributed by atoms with E-state index in [4.69, 9.17) is 9.47 Å². The number of fused-ring (bicyclic) bond motifs is 9. The SMILES string of the molecule is CN[C@H](O[C@H]1CC(=O)CCc2ccc(O)c(OC)c2-c2ccc3ccc(O)cc3c2[C@H]2CC[C@H]1CCCSS2)c1ccc(NC[C@H](C)O)c(CO)c1. The number of rotatable bonds is 9. The van der Waals surface area contributed by atoms with Gasteiger partial charge in [0.1, 0.15) is 17.8 Å². The third-order valence-electron chi connectivity index (χ3n) is 10.2. The Morgan fingerprint density at radius 3 is 2.60 bits per heavy atom. The number of phenols is 2. The summed E-state index contributed by atoms with van der Waals surface area (Å²) in [7, 11) is 7.11. The molecule has 278 valence electrons. The first-order valence-electron chi connectivity index (χ1n) is 18.1. The maximum atomic E-state index is 14.0. The summed E-state index contributed by atoms with van der Waals surface area (Å²) in [6.07, 6.45) is 3.18. The van der Waals surface area contributed by atoms with Gasteiger partial charge in [0.15, 0.2) is 11.5 Å². The molecule has 5 atom stereocenters. The summed E-state index contributed by atoms with van der Waals surface area (Å²) in [6.45, 7) is 1.90. The number of aryl methyl sites for hydroxylation is 1. The molecule has 6 rings (SSSR count). The molecule has 4 aromatic rings. The van der Waals surface area contributed by atoms with Crippen molar-refractivity contribution in [2.24, 2.45) is 5.92 Å². The van der Waals surface area contributed by atoms with Crippen LogP contribution in [0.4, 0.5) is 5.69 Å². The van der Waals surface area contributed by atoms with Crippen LogP contribution in [-0.4, -0.2) is 64.9 Å². The van der Waals surface area contributed by atoms with E-state index in [1.165, 1.54) is 0 Å². The molecule has 11 heteroatoms. The topological polar surface area (TPSA) is 141 Å². The third-order valence-corrected chi connectivity index (χ3v) is 13.1. The lowest BCUT2D eigenvalue weighted by Crippen LogP contribution is -2.33. The van der Waals surface area contributed by atoms with Crippen molar-refractivity contribution in [1.29, 1.82) is 0 Å². The smallest absolute Gasteiger partial charge is 0.168 e. The number of benzene rings is 4. The number of Topliss-reactive ketones (excluding diaryl/α,β-unsaturated/α-hetero) is 1. The first-order valence-corrected chi connectivity index (χ1v) is 20.5. The van der Waals surface area contributed by atoms with Crippen molar-refractivity contribution in [3.8, 4) is 28.4 Å². The number of nitrogens with one attached hydrogen (secondary N) is 2. The summed E-state index contributed by atoms with van der Waals surface area (Å²) in [5, 5.41) is 50.3. The lowest BCUT2D eigenvalue weighted by Gasteiger charge is -2.32. The van der Waals surface area contributed by atoms with Crippen molar-refractivity contribution in [1.82, 2.24) is 5.32 Å². The predicted octanol–water partition coefficient (Wildman–Crippen LogP) is 8.03. The summed E-state index contributed by atoms with van der Waals surface area (Å²) < 4.78 is 12.8. The number of aromatic hydroxyl groups is 2. The highest BCUT2D eigenvalue weighted by Crippen LogP contribution is 2.52. The molecule has 2 aliphatic rings. The maximum absolute atomic E-state index is 14.0. The van der Waals surface area contributed by atoms with Crippen LogP contribution in [-0.2, 0) is 22.6 Å². The lowest BCUT2D eigenvalue weighted by atomic mass is 9.85. The van der Waals surface area contributed by atoms with Crippen LogP contribution in [0.1, 0.15) is 79.2 Å². The Balaban J connectivity index is 1.42. The fourth-order valence-corrected chi connectivity index (χ4v) is 10.5. The zero-order valence-electron chi connectivity index (χ0n) is 30.1. The van der Waals surface area contributed by atoms with Gasteiger partial charge in [0.2, 0.25) is 0 Å². The number of phenolic OH excluding ortho intramolecular Hbond substituents is 2. The Hall–Kier alpha value is -3.45. The number of hydrogen-bond acceptors (Lipinski definition) is 11. The number of methoxy groups -OCH3 is 1. The summed E-state index contributed by atoms with van der Waals surface area (Å²) in [5.41, 5.74) is 6.02. The molecule has 1 aliphatic heterocycles. The first-order chi connectivity index (χ1) is 25.2. The highest BCUT2D eigenvalue weighted by Gasteiger charge is 2.33. The van der Waals surface area contributed by atoms with E-state index in [-0.39, 0.29) is 47.6 Å². The first kappa shape index (κ1) is 38.3. The van der Waals surface area contributed by atoms with Gasteiger partial charge in [-0.3, -0.25) is 10.1 Å². The molecule has 1 fully saturated rings. The molecule has 1 saturated heterocycles. The van der Waals surface area contributed by atoms with Gasteiger partial charge in [-0.05, 0) is 115 Å². The molecule has 0 saturated carbocycles. The minimum Gasteiger partial charge on any atom is -0.508 e. The van der Waals surface area contributed by atoms with Crippen LogP contribution >= 0.6 is 21.6 Å². The van der Waals surface area contributed by atoms with E-state index in [1.54, 1.807) is 26.2 Å². The Morgan fingerprint density at radius 2 is 1.83 bits per heavy atom. The van der Waals surface area contributed by atoms with Crippen molar-refractivity contribution in [3.05, 3.63) is 82.9 Å². The van der Waals surface area contributed by atoms with Gasteiger partial charge in [-0.1, -0.05) is 51.9 Å². The predicted molar refractivity (Wildman–Crippen MR) is 211 cm³/mol. The quantitative estimate of drug-likeness (QED) is 0.0733. The van der Waals surface area contributed by atoms with Crippen LogP contribution in [0.3, 0.4) is 0 Å². The number of carbonyl (C=O) groups is 1. The highest BCUT2D eigenvalue weighted by atomic mass is 33.1. The molecule has 4 aromatic carbocycles. The Morgan fingerprint density at radius 1 is 1.00 bits per heavy atom. The molecule has 0 aromatic heterocycles. The summed E-state index contributed by atoms with van der Waals surface area (Å²) in [4.78, 5) is 14.0. The number of anilines is 1. The van der Waals surface area contributed by atoms with Gasteiger partial charge >= 0.3 is 0 Å². The normalized spacial score (nSPS) is 20.9. The van der Waals surface area contributed by atoms with Crippen molar-refractivity contribution < 1.29 is 34.7 Å². The van der Waals surface area contributed by atoms with E-state index < -0.39 is 12.3 Å². The minimum atomic E-state index is -0.533. The molecule has 1 heterocycles. The van der Waals surface area contributed by atoms with Crippen molar-refractivity contribution in [2.45, 2.75) is 82.2 Å². The second kappa shape index (κ2) is 17.6. The van der Waals surface area contributed by atoms with Crippen molar-refractivity contribution in [3.63, 3.8) is 0 Å². The molecule has 0 unspecified atom stereocenters. The van der Waals surface area contributed by atoms with Crippen LogP contribution in [0.25, 0.3) is 21.9 Å². The fraction of sp³-hybridized carbons (Fsp3) is 0.439. The largest absolute Gasteiger partial charge is 0.508 e. The van der Waals surface area contributed by atoms with Gasteiger partial charge in [0, 0.05) is 47.2 Å². The zero-order chi connectivity index (χ0) is 36.8. The fourth-order valence-electron chi connectivity index (χ4n) is 7.63. The van der Waals surface area contributed by atoms with Gasteiger partial charge in [-0.25, -0.2) is 0 Å². The molecular formula is C41H50N2O7S2. The molecule has 0 radical (unpaired) electrons. The van der Waals surface area contributed by atoms with Crippen LogP contribution in [0.2, 0.25) is 0 Å². The van der Waals surface area contributed by atoms with Crippen LogP contribution in [0.15, 0.2) is 60.7 Å². The molecule has 2 bridgehead atoms. The van der Waals surface area contributed by atoms with E-state index >= 15 is 0 Å². The molecule has 6 N–H and O–H groups in total. The lowest BCUT2D eigenvalue weighted by molar-refractivity contribution is -0.126. The minimum absolute atomic E-state index is 0.0389. The second-order valence-electron chi connectivity index (χ2n) is 13.9. The van der Waals surface area contributed by atoms with E-state index in [0.717, 1.165) is 75.7 Å². The van der Waals surface area contributed by atoms with E-state index in [1.807, 2.05) is 65.0 Å². The number of ketones is 1. The molecule has 1 aliphatic carbocycles. The molecule has 0 spiro atoms. The Labute approximate surface area is 313 Å². The van der Waals surface area contributed by atoms with Gasteiger partial charge in [-0.15, -0.1) is 0 Å². The Bertz CT molecular complexity index is 1870. The second-order valence-corrected chi connectivity index (χ2v) is 16.6. The van der Waals surface area contributed by atoms with Gasteiger partial charge in [-0.2, -0.15) is 0 Å². The average molecular weight is 747 g/mol. The summed E-state index contributed by atoms with van der Waals surface area (Å²) >= 11 is 0.